The van der Waals surface area contributed by atoms with Crippen molar-refractivity contribution in [3.8, 4) is 0 Å². The Morgan fingerprint density at radius 1 is 1.48 bits per heavy atom. The SMILES string of the molecule is CC(CCC(=O)O)NC(=O)Cn1cc([N+](=O)[O-])ccc1=O. The van der Waals surface area contributed by atoms with Gasteiger partial charge in [-0.05, 0) is 13.3 Å². The first-order valence-electron chi connectivity index (χ1n) is 6.15. The molecule has 2 N–H and O–H groups in total. The zero-order valence-electron chi connectivity index (χ0n) is 11.3. The number of carboxylic acid groups (broad SMARTS) is 1. The molecule has 0 radical (unpaired) electrons. The Kier molecular flexibility index (Phi) is 5.58. The zero-order valence-corrected chi connectivity index (χ0v) is 11.3. The van der Waals surface area contributed by atoms with Gasteiger partial charge >= 0.3 is 5.97 Å². The number of nitrogens with one attached hydrogen (secondary N) is 1. The fourth-order valence-corrected chi connectivity index (χ4v) is 1.64. The highest BCUT2D eigenvalue weighted by Gasteiger charge is 2.13. The van der Waals surface area contributed by atoms with Gasteiger partial charge in [-0.1, -0.05) is 0 Å². The number of aromatic nitrogens is 1. The van der Waals surface area contributed by atoms with E-state index in [1.807, 2.05) is 0 Å². The smallest absolute Gasteiger partial charge is 0.303 e. The number of carbonyl (C=O) groups excluding carboxylic acids is 1. The van der Waals surface area contributed by atoms with Crippen LogP contribution in [0.2, 0.25) is 0 Å². The summed E-state index contributed by atoms with van der Waals surface area (Å²) in [7, 11) is 0. The average Bonchev–Trinajstić information content (AvgIpc) is 2.38. The Hall–Kier alpha value is -2.71. The molecule has 1 heterocycles. The van der Waals surface area contributed by atoms with E-state index >= 15 is 0 Å². The van der Waals surface area contributed by atoms with Crippen LogP contribution in [0.1, 0.15) is 19.8 Å². The lowest BCUT2D eigenvalue weighted by molar-refractivity contribution is -0.385. The molecule has 21 heavy (non-hydrogen) atoms. The van der Waals surface area contributed by atoms with E-state index in [-0.39, 0.29) is 31.1 Å². The highest BCUT2D eigenvalue weighted by molar-refractivity contribution is 5.76. The molecule has 1 amide bonds. The number of carboxylic acids is 1. The van der Waals surface area contributed by atoms with Crippen molar-refractivity contribution in [3.05, 3.63) is 38.8 Å². The Morgan fingerprint density at radius 2 is 2.14 bits per heavy atom. The molecular formula is C12H15N3O6. The molecule has 114 valence electrons. The van der Waals surface area contributed by atoms with E-state index in [9.17, 15) is 24.5 Å². The summed E-state index contributed by atoms with van der Waals surface area (Å²) in [4.78, 5) is 43.6. The predicted molar refractivity (Wildman–Crippen MR) is 71.8 cm³/mol. The molecule has 0 aliphatic heterocycles. The Bertz CT molecular complexity index is 609. The number of hydrogen-bond acceptors (Lipinski definition) is 5. The van der Waals surface area contributed by atoms with Crippen molar-refractivity contribution in [1.29, 1.82) is 0 Å². The van der Waals surface area contributed by atoms with E-state index in [0.29, 0.717) is 0 Å². The van der Waals surface area contributed by atoms with E-state index in [1.165, 1.54) is 0 Å². The highest BCUT2D eigenvalue weighted by Crippen LogP contribution is 2.06. The van der Waals surface area contributed by atoms with E-state index in [2.05, 4.69) is 5.32 Å². The minimum absolute atomic E-state index is 0.0851. The van der Waals surface area contributed by atoms with Crippen molar-refractivity contribution in [1.82, 2.24) is 9.88 Å². The van der Waals surface area contributed by atoms with Gasteiger partial charge in [-0.3, -0.25) is 29.1 Å². The molecular weight excluding hydrogens is 282 g/mol. The maximum atomic E-state index is 11.7. The van der Waals surface area contributed by atoms with Gasteiger partial charge in [0.2, 0.25) is 5.91 Å². The molecule has 0 saturated carbocycles. The predicted octanol–water partition coefficient (Wildman–Crippen LogP) is 0.126. The summed E-state index contributed by atoms with van der Waals surface area (Å²) < 4.78 is 0.928. The topological polar surface area (TPSA) is 132 Å². The van der Waals surface area contributed by atoms with Crippen LogP contribution in [0.4, 0.5) is 5.69 Å². The van der Waals surface area contributed by atoms with Gasteiger partial charge in [0.15, 0.2) is 0 Å². The molecule has 1 aromatic heterocycles. The highest BCUT2D eigenvalue weighted by atomic mass is 16.6. The molecule has 0 aliphatic rings. The van der Waals surface area contributed by atoms with E-state index < -0.39 is 22.4 Å². The Morgan fingerprint density at radius 3 is 2.71 bits per heavy atom. The molecule has 1 atom stereocenters. The Labute approximate surface area is 119 Å². The lowest BCUT2D eigenvalue weighted by Gasteiger charge is -2.13. The monoisotopic (exact) mass is 297 g/mol. The van der Waals surface area contributed by atoms with Crippen LogP contribution in [-0.4, -0.2) is 32.5 Å². The molecule has 0 bridgehead atoms. The molecule has 0 aliphatic carbocycles. The van der Waals surface area contributed by atoms with Crippen molar-refractivity contribution >= 4 is 17.6 Å². The lowest BCUT2D eigenvalue weighted by atomic mass is 10.2. The van der Waals surface area contributed by atoms with Crippen molar-refractivity contribution < 1.29 is 19.6 Å². The summed E-state index contributed by atoms with van der Waals surface area (Å²) in [5.74, 6) is -1.48. The standard InChI is InChI=1S/C12H15N3O6/c1-8(2-5-12(18)19)13-10(16)7-14-6-9(15(20)21)3-4-11(14)17/h3-4,6,8H,2,5,7H2,1H3,(H,13,16)(H,18,19). The van der Waals surface area contributed by atoms with Gasteiger partial charge in [-0.15, -0.1) is 0 Å². The number of hydrogen-bond donors (Lipinski definition) is 2. The van der Waals surface area contributed by atoms with Gasteiger partial charge < -0.3 is 10.4 Å². The van der Waals surface area contributed by atoms with Crippen LogP contribution >= 0.6 is 0 Å². The number of nitrogens with zero attached hydrogens (tertiary/aromatic N) is 2. The van der Waals surface area contributed by atoms with Gasteiger partial charge in [0.1, 0.15) is 6.54 Å². The molecule has 0 saturated heterocycles. The summed E-state index contributed by atoms with van der Waals surface area (Å²) in [6.45, 7) is 1.27. The summed E-state index contributed by atoms with van der Waals surface area (Å²) in [6.07, 6.45) is 1.16. The van der Waals surface area contributed by atoms with Crippen molar-refractivity contribution in [3.63, 3.8) is 0 Å². The summed E-state index contributed by atoms with van der Waals surface area (Å²) in [6, 6.07) is 1.70. The lowest BCUT2D eigenvalue weighted by Crippen LogP contribution is -2.37. The van der Waals surface area contributed by atoms with Crippen molar-refractivity contribution in [2.24, 2.45) is 0 Å². The second-order valence-electron chi connectivity index (χ2n) is 4.51. The van der Waals surface area contributed by atoms with Crippen LogP contribution in [0.15, 0.2) is 23.1 Å². The summed E-state index contributed by atoms with van der Waals surface area (Å²) in [5.41, 5.74) is -0.824. The minimum Gasteiger partial charge on any atom is -0.481 e. The van der Waals surface area contributed by atoms with Crippen LogP contribution in [-0.2, 0) is 16.1 Å². The average molecular weight is 297 g/mol. The van der Waals surface area contributed by atoms with Crippen molar-refractivity contribution in [2.75, 3.05) is 0 Å². The molecule has 1 unspecified atom stereocenters. The second-order valence-corrected chi connectivity index (χ2v) is 4.51. The summed E-state index contributed by atoms with van der Waals surface area (Å²) in [5, 5.41) is 21.7. The van der Waals surface area contributed by atoms with Gasteiger partial charge in [-0.2, -0.15) is 0 Å². The third kappa shape index (κ3) is 5.43. The largest absolute Gasteiger partial charge is 0.481 e. The molecule has 9 heteroatoms. The molecule has 1 rings (SSSR count). The second kappa shape index (κ2) is 7.17. The first kappa shape index (κ1) is 16.3. The molecule has 0 fully saturated rings. The first-order valence-corrected chi connectivity index (χ1v) is 6.15. The van der Waals surface area contributed by atoms with Crippen LogP contribution in [0.3, 0.4) is 0 Å². The van der Waals surface area contributed by atoms with Crippen LogP contribution in [0.5, 0.6) is 0 Å². The third-order valence-corrected chi connectivity index (χ3v) is 2.69. The van der Waals surface area contributed by atoms with Gasteiger partial charge in [0, 0.05) is 24.6 Å². The number of pyridine rings is 1. The maximum Gasteiger partial charge on any atom is 0.303 e. The number of nitro groups is 1. The van der Waals surface area contributed by atoms with Crippen LogP contribution in [0.25, 0.3) is 0 Å². The number of rotatable bonds is 7. The van der Waals surface area contributed by atoms with Crippen LogP contribution in [0, 0.1) is 10.1 Å². The van der Waals surface area contributed by atoms with Crippen molar-refractivity contribution in [2.45, 2.75) is 32.4 Å². The van der Waals surface area contributed by atoms with E-state index in [0.717, 1.165) is 22.9 Å². The normalized spacial score (nSPS) is 11.7. The van der Waals surface area contributed by atoms with Crippen LogP contribution < -0.4 is 10.9 Å². The molecule has 1 aromatic rings. The molecule has 0 aromatic carbocycles. The Balaban J connectivity index is 2.66. The van der Waals surface area contributed by atoms with E-state index in [1.54, 1.807) is 6.92 Å². The molecule has 9 nitrogen and oxygen atoms in total. The fourth-order valence-electron chi connectivity index (χ4n) is 1.64. The number of amides is 1. The fraction of sp³-hybridized carbons (Fsp3) is 0.417. The molecule has 0 spiro atoms. The third-order valence-electron chi connectivity index (χ3n) is 2.69. The van der Waals surface area contributed by atoms with E-state index in [4.69, 9.17) is 5.11 Å². The first-order chi connectivity index (χ1) is 9.79. The van der Waals surface area contributed by atoms with Gasteiger partial charge in [-0.25, -0.2) is 0 Å². The number of carbonyl (C=O) groups is 2. The quantitative estimate of drug-likeness (QED) is 0.543. The minimum atomic E-state index is -0.967. The maximum absolute atomic E-state index is 11.7. The zero-order chi connectivity index (χ0) is 16.0. The van der Waals surface area contributed by atoms with Gasteiger partial charge in [0.05, 0.1) is 11.1 Å². The summed E-state index contributed by atoms with van der Waals surface area (Å²) >= 11 is 0. The van der Waals surface area contributed by atoms with Gasteiger partial charge in [0.25, 0.3) is 11.2 Å². The number of aliphatic carboxylic acids is 1.